The third kappa shape index (κ3) is 5.00. The lowest BCUT2D eigenvalue weighted by Crippen LogP contribution is -2.35. The number of anilines is 1. The second kappa shape index (κ2) is 9.96. The standard InChI is InChI=1S/C27H31N3O2/c1-19-5-3-4-6-25(19)26(18-27(29-32)22-11-14-28-20(2)17-22)21-7-9-23(10-8-21)30-15-12-24(31)13-16-30/h3-11,14,17,24,26,31-32H,12-13,15-16,18H2,1-2H3/t26-/m1/s1. The van der Waals surface area contributed by atoms with E-state index in [1.54, 1.807) is 6.20 Å². The predicted molar refractivity (Wildman–Crippen MR) is 129 cm³/mol. The van der Waals surface area contributed by atoms with Gasteiger partial charge in [-0.15, -0.1) is 0 Å². The van der Waals surface area contributed by atoms with Gasteiger partial charge in [-0.05, 0) is 67.6 Å². The fraction of sp³-hybridized carbons (Fsp3) is 0.333. The molecule has 0 radical (unpaired) electrons. The topological polar surface area (TPSA) is 69.0 Å². The highest BCUT2D eigenvalue weighted by molar-refractivity contribution is 6.01. The smallest absolute Gasteiger partial charge is 0.0878 e. The summed E-state index contributed by atoms with van der Waals surface area (Å²) >= 11 is 0. The molecule has 0 saturated carbocycles. The Hall–Kier alpha value is -3.18. The molecule has 1 aromatic heterocycles. The van der Waals surface area contributed by atoms with Crippen LogP contribution in [0.2, 0.25) is 0 Å². The summed E-state index contributed by atoms with van der Waals surface area (Å²) in [6, 6.07) is 21.0. The van der Waals surface area contributed by atoms with Crippen LogP contribution in [-0.2, 0) is 0 Å². The maximum absolute atomic E-state index is 9.86. The number of benzene rings is 2. The van der Waals surface area contributed by atoms with Crippen molar-refractivity contribution in [3.05, 3.63) is 94.8 Å². The number of piperidine rings is 1. The van der Waals surface area contributed by atoms with E-state index in [1.165, 1.54) is 22.4 Å². The summed E-state index contributed by atoms with van der Waals surface area (Å²) in [5.74, 6) is 0.0628. The van der Waals surface area contributed by atoms with Crippen molar-refractivity contribution in [1.29, 1.82) is 0 Å². The molecule has 2 aromatic carbocycles. The molecule has 0 amide bonds. The predicted octanol–water partition coefficient (Wildman–Crippen LogP) is 5.06. The second-order valence-electron chi connectivity index (χ2n) is 8.66. The van der Waals surface area contributed by atoms with Crippen molar-refractivity contribution in [3.63, 3.8) is 0 Å². The zero-order valence-corrected chi connectivity index (χ0v) is 18.8. The molecular weight excluding hydrogens is 398 g/mol. The van der Waals surface area contributed by atoms with Crippen molar-refractivity contribution in [2.75, 3.05) is 18.0 Å². The van der Waals surface area contributed by atoms with E-state index in [4.69, 9.17) is 0 Å². The molecule has 32 heavy (non-hydrogen) atoms. The highest BCUT2D eigenvalue weighted by Crippen LogP contribution is 2.33. The molecule has 166 valence electrons. The molecule has 0 spiro atoms. The molecule has 2 heterocycles. The average molecular weight is 430 g/mol. The van der Waals surface area contributed by atoms with Gasteiger partial charge < -0.3 is 15.2 Å². The molecule has 0 aliphatic carbocycles. The number of rotatable bonds is 6. The van der Waals surface area contributed by atoms with Crippen LogP contribution in [0.25, 0.3) is 0 Å². The average Bonchev–Trinajstić information content (AvgIpc) is 2.81. The van der Waals surface area contributed by atoms with Crippen molar-refractivity contribution in [1.82, 2.24) is 4.98 Å². The third-order valence-corrected chi connectivity index (χ3v) is 6.44. The Labute approximate surface area is 190 Å². The molecule has 0 bridgehead atoms. The van der Waals surface area contributed by atoms with Crippen molar-refractivity contribution in [2.24, 2.45) is 5.16 Å². The number of aromatic nitrogens is 1. The van der Waals surface area contributed by atoms with E-state index >= 15 is 0 Å². The molecule has 1 saturated heterocycles. The molecule has 1 aliphatic rings. The quantitative estimate of drug-likeness (QED) is 0.326. The number of nitrogens with zero attached hydrogens (tertiary/aromatic N) is 3. The Morgan fingerprint density at radius 2 is 1.78 bits per heavy atom. The number of hydrogen-bond acceptors (Lipinski definition) is 5. The van der Waals surface area contributed by atoms with E-state index < -0.39 is 0 Å². The van der Waals surface area contributed by atoms with Crippen LogP contribution in [0, 0.1) is 13.8 Å². The molecule has 1 fully saturated rings. The van der Waals surface area contributed by atoms with Gasteiger partial charge in [-0.25, -0.2) is 0 Å². The van der Waals surface area contributed by atoms with Gasteiger partial charge >= 0.3 is 0 Å². The van der Waals surface area contributed by atoms with Crippen LogP contribution < -0.4 is 4.90 Å². The van der Waals surface area contributed by atoms with Crippen LogP contribution in [0.5, 0.6) is 0 Å². The fourth-order valence-corrected chi connectivity index (χ4v) is 4.56. The van der Waals surface area contributed by atoms with E-state index in [2.05, 4.69) is 70.5 Å². The van der Waals surface area contributed by atoms with Gasteiger partial charge in [0.2, 0.25) is 0 Å². The molecular formula is C27H31N3O2. The molecule has 3 aromatic rings. The first-order valence-corrected chi connectivity index (χ1v) is 11.3. The van der Waals surface area contributed by atoms with Crippen molar-refractivity contribution < 1.29 is 10.3 Å². The van der Waals surface area contributed by atoms with Crippen LogP contribution >= 0.6 is 0 Å². The van der Waals surface area contributed by atoms with Gasteiger partial charge in [0, 0.05) is 48.6 Å². The summed E-state index contributed by atoms with van der Waals surface area (Å²) in [5, 5.41) is 23.3. The summed E-state index contributed by atoms with van der Waals surface area (Å²) in [6.45, 7) is 5.83. The molecule has 0 unspecified atom stereocenters. The van der Waals surface area contributed by atoms with Crippen molar-refractivity contribution in [2.45, 2.75) is 45.1 Å². The van der Waals surface area contributed by atoms with Crippen LogP contribution in [-0.4, -0.2) is 40.2 Å². The minimum absolute atomic E-state index is 0.0628. The molecule has 1 atom stereocenters. The Balaban J connectivity index is 1.65. The summed E-state index contributed by atoms with van der Waals surface area (Å²) < 4.78 is 0. The molecule has 2 N–H and O–H groups in total. The summed E-state index contributed by atoms with van der Waals surface area (Å²) in [6.07, 6.45) is 3.79. The van der Waals surface area contributed by atoms with Gasteiger partial charge in [-0.2, -0.15) is 0 Å². The van der Waals surface area contributed by atoms with Gasteiger partial charge in [0.25, 0.3) is 0 Å². The van der Waals surface area contributed by atoms with Crippen LogP contribution in [0.4, 0.5) is 5.69 Å². The lowest BCUT2D eigenvalue weighted by Gasteiger charge is -2.31. The number of aliphatic hydroxyl groups is 1. The Bertz CT molecular complexity index is 1070. The SMILES string of the molecule is Cc1cc(C(C[C@H](c2ccc(N3CCC(O)CC3)cc2)c2ccccc2C)=NO)ccn1. The number of pyridine rings is 1. The summed E-state index contributed by atoms with van der Waals surface area (Å²) in [5.41, 5.74) is 7.26. The molecule has 5 nitrogen and oxygen atoms in total. The molecule has 5 heteroatoms. The summed E-state index contributed by atoms with van der Waals surface area (Å²) in [7, 11) is 0. The van der Waals surface area contributed by atoms with E-state index in [0.29, 0.717) is 12.1 Å². The molecule has 1 aliphatic heterocycles. The minimum Gasteiger partial charge on any atom is -0.411 e. The van der Waals surface area contributed by atoms with Gasteiger partial charge in [0.05, 0.1) is 11.8 Å². The lowest BCUT2D eigenvalue weighted by molar-refractivity contribution is 0.145. The summed E-state index contributed by atoms with van der Waals surface area (Å²) in [4.78, 5) is 6.60. The maximum Gasteiger partial charge on any atom is 0.0878 e. The van der Waals surface area contributed by atoms with Gasteiger partial charge in [-0.1, -0.05) is 41.6 Å². The van der Waals surface area contributed by atoms with Crippen LogP contribution in [0.3, 0.4) is 0 Å². The first-order chi connectivity index (χ1) is 15.5. The zero-order valence-electron chi connectivity index (χ0n) is 18.8. The Morgan fingerprint density at radius 1 is 1.06 bits per heavy atom. The second-order valence-corrected chi connectivity index (χ2v) is 8.66. The molecule has 4 rings (SSSR count). The largest absolute Gasteiger partial charge is 0.411 e. The van der Waals surface area contributed by atoms with Gasteiger partial charge in [0.1, 0.15) is 0 Å². The third-order valence-electron chi connectivity index (χ3n) is 6.44. The monoisotopic (exact) mass is 429 g/mol. The zero-order chi connectivity index (χ0) is 22.5. The minimum atomic E-state index is -0.177. The number of aliphatic hydroxyl groups excluding tert-OH is 1. The highest BCUT2D eigenvalue weighted by Gasteiger charge is 2.22. The highest BCUT2D eigenvalue weighted by atomic mass is 16.4. The lowest BCUT2D eigenvalue weighted by atomic mass is 9.83. The Kier molecular flexibility index (Phi) is 6.86. The van der Waals surface area contributed by atoms with Crippen LogP contribution in [0.1, 0.15) is 53.1 Å². The van der Waals surface area contributed by atoms with E-state index in [1.807, 2.05) is 19.1 Å². The fourth-order valence-electron chi connectivity index (χ4n) is 4.56. The Morgan fingerprint density at radius 3 is 2.44 bits per heavy atom. The van der Waals surface area contributed by atoms with E-state index in [-0.39, 0.29) is 12.0 Å². The number of hydrogen-bond donors (Lipinski definition) is 2. The normalized spacial score (nSPS) is 16.2. The van der Waals surface area contributed by atoms with Gasteiger partial charge in [0.15, 0.2) is 0 Å². The maximum atomic E-state index is 9.86. The van der Waals surface area contributed by atoms with E-state index in [9.17, 15) is 10.3 Å². The van der Waals surface area contributed by atoms with Gasteiger partial charge in [-0.3, -0.25) is 4.98 Å². The van der Waals surface area contributed by atoms with E-state index in [0.717, 1.165) is 37.2 Å². The van der Waals surface area contributed by atoms with Crippen molar-refractivity contribution >= 4 is 11.4 Å². The number of aryl methyl sites for hydroxylation is 2. The van der Waals surface area contributed by atoms with Crippen molar-refractivity contribution in [3.8, 4) is 0 Å². The number of oxime groups is 1. The van der Waals surface area contributed by atoms with Crippen LogP contribution in [0.15, 0.2) is 72.0 Å². The first kappa shape index (κ1) is 22.0. The first-order valence-electron chi connectivity index (χ1n) is 11.3.